The monoisotopic (exact) mass is 494 g/mol. The Hall–Kier alpha value is -4.84. The second kappa shape index (κ2) is 12.9. The highest BCUT2D eigenvalue weighted by Gasteiger charge is 2.07. The van der Waals surface area contributed by atoms with Crippen LogP contribution in [-0.4, -0.2) is 12.2 Å². The van der Waals surface area contributed by atoms with E-state index in [0.29, 0.717) is 11.5 Å². The van der Waals surface area contributed by atoms with Crippen LogP contribution in [0.5, 0.6) is 11.5 Å². The topological polar surface area (TPSA) is 18.5 Å². The van der Waals surface area contributed by atoms with Gasteiger partial charge >= 0.3 is 0 Å². The number of benzene rings is 4. The summed E-state index contributed by atoms with van der Waals surface area (Å²) >= 11 is 0. The lowest BCUT2D eigenvalue weighted by molar-refractivity contribution is 0.277. The van der Waals surface area contributed by atoms with E-state index in [1.165, 1.54) is 11.1 Å². The molecule has 0 radical (unpaired) electrons. The molecule has 0 saturated heterocycles. The molecule has 0 heterocycles. The normalized spacial score (nSPS) is 11.4. The first-order valence-electron chi connectivity index (χ1n) is 12.7. The lowest BCUT2D eigenvalue weighted by Crippen LogP contribution is -2.10. The Kier molecular flexibility index (Phi) is 8.92. The molecule has 4 aromatic rings. The zero-order chi connectivity index (χ0) is 26.7. The molecular weight excluding hydrogens is 464 g/mol. The first-order valence-corrected chi connectivity index (χ1v) is 12.7. The van der Waals surface area contributed by atoms with Crippen molar-refractivity contribution in [2.75, 3.05) is 0 Å². The molecule has 2 heteroatoms. The number of rotatable bonds is 4. The summed E-state index contributed by atoms with van der Waals surface area (Å²) in [7, 11) is 0. The number of ether oxygens (including phenoxy) is 2. The summed E-state index contributed by atoms with van der Waals surface area (Å²) in [6, 6.07) is 31.8. The minimum absolute atomic E-state index is 0.289. The van der Waals surface area contributed by atoms with E-state index in [-0.39, 0.29) is 12.2 Å². The molecule has 0 N–H and O–H groups in total. The Labute approximate surface area is 226 Å². The van der Waals surface area contributed by atoms with E-state index in [9.17, 15) is 0 Å². The van der Waals surface area contributed by atoms with Crippen LogP contribution in [0, 0.1) is 49.4 Å². The van der Waals surface area contributed by atoms with Gasteiger partial charge in [0.25, 0.3) is 0 Å². The maximum atomic E-state index is 6.13. The van der Waals surface area contributed by atoms with Gasteiger partial charge in [-0.25, -0.2) is 0 Å². The van der Waals surface area contributed by atoms with Gasteiger partial charge in [-0.1, -0.05) is 95.2 Å². The van der Waals surface area contributed by atoms with Gasteiger partial charge in [-0.05, 0) is 76.2 Å². The minimum Gasteiger partial charge on any atom is -0.477 e. The zero-order valence-electron chi connectivity index (χ0n) is 22.2. The van der Waals surface area contributed by atoms with Crippen molar-refractivity contribution in [3.8, 4) is 47.0 Å². The Morgan fingerprint density at radius 3 is 1.24 bits per heavy atom. The lowest BCUT2D eigenvalue weighted by atomic mass is 10.1. The molecule has 186 valence electrons. The Bertz CT molecular complexity index is 1440. The summed E-state index contributed by atoms with van der Waals surface area (Å²) in [5.41, 5.74) is 5.94. The van der Waals surface area contributed by atoms with Gasteiger partial charge in [0.05, 0.1) is 11.1 Å². The number of hydrogen-bond donors (Lipinski definition) is 0. The van der Waals surface area contributed by atoms with E-state index in [1.54, 1.807) is 0 Å². The van der Waals surface area contributed by atoms with E-state index in [2.05, 4.69) is 73.6 Å². The molecule has 0 aliphatic rings. The molecule has 0 aliphatic heterocycles. The van der Waals surface area contributed by atoms with E-state index in [4.69, 9.17) is 9.47 Å². The number of para-hydroxylation sites is 2. The second-order valence-corrected chi connectivity index (χ2v) is 9.03. The van der Waals surface area contributed by atoms with Crippen LogP contribution in [0.25, 0.3) is 0 Å². The van der Waals surface area contributed by atoms with Gasteiger partial charge in [-0.3, -0.25) is 0 Å². The first-order chi connectivity index (χ1) is 18.5. The van der Waals surface area contributed by atoms with Gasteiger partial charge in [0, 0.05) is 11.1 Å². The lowest BCUT2D eigenvalue weighted by Gasteiger charge is -2.11. The van der Waals surface area contributed by atoms with E-state index >= 15 is 0 Å². The molecule has 2 nitrogen and oxygen atoms in total. The number of aryl methyl sites for hydroxylation is 2. The SMILES string of the molecule is Cc1ccc(C#C[C@@H](C)Oc2ccccc2C#Cc2ccccc2O[C@H](C)C#Cc2ccc(C)cc2)cc1. The second-order valence-electron chi connectivity index (χ2n) is 9.03. The maximum absolute atomic E-state index is 6.13. The quantitative estimate of drug-likeness (QED) is 0.276. The summed E-state index contributed by atoms with van der Waals surface area (Å²) in [6.45, 7) is 8.00. The predicted octanol–water partition coefficient (Wildman–Crippen LogP) is 7.34. The summed E-state index contributed by atoms with van der Waals surface area (Å²) in [5, 5.41) is 0. The standard InChI is InChI=1S/C36H30O2/c1-27-13-19-31(20-14-27)23-17-29(3)37-35-11-7-5-9-33(35)25-26-34-10-6-8-12-36(34)38-30(4)18-24-32-21-15-28(2)16-22-32/h5-16,19-22,29-30H,1-4H3/t29-,30-/m1/s1. The van der Waals surface area contributed by atoms with Gasteiger partial charge in [0.2, 0.25) is 0 Å². The molecule has 38 heavy (non-hydrogen) atoms. The molecular formula is C36H30O2. The molecule has 4 aromatic carbocycles. The van der Waals surface area contributed by atoms with Gasteiger partial charge < -0.3 is 9.47 Å². The highest BCUT2D eigenvalue weighted by Crippen LogP contribution is 2.21. The summed E-state index contributed by atoms with van der Waals surface area (Å²) in [5.74, 6) is 20.6. The third kappa shape index (κ3) is 7.83. The Morgan fingerprint density at radius 1 is 0.474 bits per heavy atom. The van der Waals surface area contributed by atoms with Crippen LogP contribution < -0.4 is 9.47 Å². The summed E-state index contributed by atoms with van der Waals surface area (Å²) < 4.78 is 12.3. The molecule has 0 amide bonds. The maximum Gasteiger partial charge on any atom is 0.156 e. The van der Waals surface area contributed by atoms with Crippen LogP contribution in [0.15, 0.2) is 97.1 Å². The van der Waals surface area contributed by atoms with Crippen LogP contribution in [0.3, 0.4) is 0 Å². The molecule has 2 atom stereocenters. The van der Waals surface area contributed by atoms with Crippen LogP contribution in [0.2, 0.25) is 0 Å². The summed E-state index contributed by atoms with van der Waals surface area (Å²) in [6.07, 6.45) is -0.578. The molecule has 0 unspecified atom stereocenters. The molecule has 0 aromatic heterocycles. The van der Waals surface area contributed by atoms with Gasteiger partial charge in [0.1, 0.15) is 11.5 Å². The summed E-state index contributed by atoms with van der Waals surface area (Å²) in [4.78, 5) is 0. The van der Waals surface area contributed by atoms with Crippen molar-refractivity contribution in [3.63, 3.8) is 0 Å². The van der Waals surface area contributed by atoms with Crippen molar-refractivity contribution in [3.05, 3.63) is 130 Å². The molecule has 0 saturated carbocycles. The Morgan fingerprint density at radius 2 is 0.842 bits per heavy atom. The minimum atomic E-state index is -0.289. The third-order valence-electron chi connectivity index (χ3n) is 5.66. The van der Waals surface area contributed by atoms with Crippen molar-refractivity contribution in [1.82, 2.24) is 0 Å². The van der Waals surface area contributed by atoms with Crippen molar-refractivity contribution in [2.45, 2.75) is 39.9 Å². The third-order valence-corrected chi connectivity index (χ3v) is 5.66. The van der Waals surface area contributed by atoms with Crippen molar-refractivity contribution in [1.29, 1.82) is 0 Å². The largest absolute Gasteiger partial charge is 0.477 e. The van der Waals surface area contributed by atoms with Crippen LogP contribution >= 0.6 is 0 Å². The first kappa shape index (κ1) is 26.2. The average Bonchev–Trinajstić information content (AvgIpc) is 2.93. The highest BCUT2D eigenvalue weighted by atomic mass is 16.5. The molecule has 0 spiro atoms. The van der Waals surface area contributed by atoms with E-state index < -0.39 is 0 Å². The van der Waals surface area contributed by atoms with Gasteiger partial charge in [-0.15, -0.1) is 0 Å². The van der Waals surface area contributed by atoms with E-state index in [0.717, 1.165) is 22.3 Å². The average molecular weight is 495 g/mol. The molecule has 0 fully saturated rings. The van der Waals surface area contributed by atoms with Gasteiger partial charge in [-0.2, -0.15) is 0 Å². The van der Waals surface area contributed by atoms with Crippen molar-refractivity contribution in [2.24, 2.45) is 0 Å². The molecule has 0 bridgehead atoms. The highest BCUT2D eigenvalue weighted by molar-refractivity contribution is 5.53. The van der Waals surface area contributed by atoms with Crippen LogP contribution in [0.4, 0.5) is 0 Å². The molecule has 0 aliphatic carbocycles. The van der Waals surface area contributed by atoms with Crippen LogP contribution in [-0.2, 0) is 0 Å². The zero-order valence-corrected chi connectivity index (χ0v) is 22.2. The smallest absolute Gasteiger partial charge is 0.156 e. The fourth-order valence-corrected chi connectivity index (χ4v) is 3.56. The predicted molar refractivity (Wildman–Crippen MR) is 155 cm³/mol. The fourth-order valence-electron chi connectivity index (χ4n) is 3.56. The van der Waals surface area contributed by atoms with Crippen molar-refractivity contribution < 1.29 is 9.47 Å². The molecule has 4 rings (SSSR count). The number of hydrogen-bond acceptors (Lipinski definition) is 2. The Balaban J connectivity index is 1.47. The fraction of sp³-hybridized carbons (Fsp3) is 0.167. The van der Waals surface area contributed by atoms with E-state index in [1.807, 2.05) is 86.6 Å². The van der Waals surface area contributed by atoms with Crippen LogP contribution in [0.1, 0.15) is 47.2 Å². The van der Waals surface area contributed by atoms with Crippen molar-refractivity contribution >= 4 is 0 Å². The van der Waals surface area contributed by atoms with Gasteiger partial charge in [0.15, 0.2) is 12.2 Å².